The maximum absolute atomic E-state index is 13.2. The van der Waals surface area contributed by atoms with Crippen LogP contribution < -0.4 is 0 Å². The van der Waals surface area contributed by atoms with Crippen molar-refractivity contribution in [3.8, 4) is 0 Å². The molecule has 1 aliphatic heterocycles. The highest BCUT2D eigenvalue weighted by Gasteiger charge is 2.31. The minimum absolute atomic E-state index is 0.0720. The molecule has 1 aliphatic carbocycles. The van der Waals surface area contributed by atoms with Gasteiger partial charge in [-0.2, -0.15) is 9.40 Å². The van der Waals surface area contributed by atoms with Crippen LogP contribution in [0.5, 0.6) is 0 Å². The molecule has 0 N–H and O–H groups in total. The molecule has 2 aromatic rings. The molecule has 3 heterocycles. The first-order valence-electron chi connectivity index (χ1n) is 10.2. The van der Waals surface area contributed by atoms with Crippen molar-refractivity contribution in [3.63, 3.8) is 0 Å². The highest BCUT2D eigenvalue weighted by atomic mass is 32.2. The van der Waals surface area contributed by atoms with E-state index in [1.54, 1.807) is 12.1 Å². The first kappa shape index (κ1) is 20.8. The van der Waals surface area contributed by atoms with Gasteiger partial charge in [-0.1, -0.05) is 0 Å². The van der Waals surface area contributed by atoms with E-state index in [2.05, 4.69) is 5.10 Å². The Morgan fingerprint density at radius 1 is 1.10 bits per heavy atom. The average Bonchev–Trinajstić information content (AvgIpc) is 3.42. The topological polar surface area (TPSA) is 106 Å². The number of hydrogen-bond acceptors (Lipinski definition) is 6. The van der Waals surface area contributed by atoms with Crippen molar-refractivity contribution in [1.82, 2.24) is 19.0 Å². The van der Waals surface area contributed by atoms with Crippen LogP contribution >= 0.6 is 0 Å². The van der Waals surface area contributed by atoms with Crippen molar-refractivity contribution in [1.29, 1.82) is 0 Å². The number of amides is 2. The third-order valence-electron chi connectivity index (χ3n) is 5.79. The van der Waals surface area contributed by atoms with Gasteiger partial charge in [0.05, 0.1) is 30.8 Å². The number of piperidine rings is 1. The molecule has 2 amide bonds. The molecule has 0 radical (unpaired) electrons. The van der Waals surface area contributed by atoms with Crippen LogP contribution in [0.3, 0.4) is 0 Å². The van der Waals surface area contributed by atoms with Gasteiger partial charge in [0.15, 0.2) is 0 Å². The maximum Gasteiger partial charge on any atom is 0.229 e. The lowest BCUT2D eigenvalue weighted by atomic mass is 10.1. The first-order chi connectivity index (χ1) is 14.3. The summed E-state index contributed by atoms with van der Waals surface area (Å²) in [6, 6.07) is 3.44. The Morgan fingerprint density at radius 3 is 2.53 bits per heavy atom. The third kappa shape index (κ3) is 4.20. The second-order valence-electron chi connectivity index (χ2n) is 7.81. The predicted molar refractivity (Wildman–Crippen MR) is 108 cm³/mol. The molecule has 162 valence electrons. The summed E-state index contributed by atoms with van der Waals surface area (Å²) in [5.41, 5.74) is 3.04. The second kappa shape index (κ2) is 8.35. The Balaban J connectivity index is 1.54. The number of carbonyl (C=O) groups excluding carboxylic acids is 2. The lowest BCUT2D eigenvalue weighted by Crippen LogP contribution is -2.44. The molecule has 0 saturated carbocycles. The summed E-state index contributed by atoms with van der Waals surface area (Å²) in [6.45, 7) is 0.0751. The number of sulfonamides is 1. The van der Waals surface area contributed by atoms with Crippen molar-refractivity contribution in [2.45, 2.75) is 51.6 Å². The number of nitrogens with zero attached hydrogens (tertiary/aromatic N) is 4. The minimum atomic E-state index is -3.77. The van der Waals surface area contributed by atoms with Gasteiger partial charge in [-0.15, -0.1) is 0 Å². The smallest absolute Gasteiger partial charge is 0.229 e. The van der Waals surface area contributed by atoms with Crippen LogP contribution in [0.4, 0.5) is 0 Å². The van der Waals surface area contributed by atoms with E-state index in [4.69, 9.17) is 4.42 Å². The van der Waals surface area contributed by atoms with Crippen LogP contribution in [0.15, 0.2) is 22.8 Å². The summed E-state index contributed by atoms with van der Waals surface area (Å²) in [5, 5.41) is 4.55. The molecule has 10 heteroatoms. The lowest BCUT2D eigenvalue weighted by Gasteiger charge is -2.26. The number of likely N-dealkylation sites (tertiary alicyclic amines) is 1. The Kier molecular flexibility index (Phi) is 5.79. The van der Waals surface area contributed by atoms with E-state index in [-0.39, 0.29) is 50.0 Å². The van der Waals surface area contributed by atoms with Crippen molar-refractivity contribution in [3.05, 3.63) is 41.1 Å². The second-order valence-corrected chi connectivity index (χ2v) is 9.89. The van der Waals surface area contributed by atoms with Gasteiger partial charge in [-0.25, -0.2) is 8.42 Å². The Labute approximate surface area is 175 Å². The van der Waals surface area contributed by atoms with E-state index in [1.165, 1.54) is 10.6 Å². The fourth-order valence-electron chi connectivity index (χ4n) is 4.21. The van der Waals surface area contributed by atoms with Crippen LogP contribution in [-0.4, -0.2) is 51.5 Å². The molecule has 30 heavy (non-hydrogen) atoms. The number of rotatable bonds is 8. The van der Waals surface area contributed by atoms with E-state index < -0.39 is 10.0 Å². The summed E-state index contributed by atoms with van der Waals surface area (Å²) in [5.74, 6) is -0.403. The fourth-order valence-corrected chi connectivity index (χ4v) is 5.52. The van der Waals surface area contributed by atoms with E-state index >= 15 is 0 Å². The van der Waals surface area contributed by atoms with Crippen molar-refractivity contribution in [2.24, 2.45) is 7.05 Å². The highest BCUT2D eigenvalue weighted by Crippen LogP contribution is 2.27. The summed E-state index contributed by atoms with van der Waals surface area (Å²) in [7, 11) is -1.89. The van der Waals surface area contributed by atoms with Gasteiger partial charge in [0.1, 0.15) is 5.76 Å². The van der Waals surface area contributed by atoms with E-state index in [0.717, 1.165) is 41.1 Å². The van der Waals surface area contributed by atoms with Crippen molar-refractivity contribution in [2.75, 3.05) is 12.3 Å². The number of aromatic nitrogens is 2. The van der Waals surface area contributed by atoms with Gasteiger partial charge in [0.25, 0.3) is 0 Å². The zero-order valence-corrected chi connectivity index (χ0v) is 17.9. The summed E-state index contributed by atoms with van der Waals surface area (Å²) >= 11 is 0. The molecule has 2 aromatic heterocycles. The van der Waals surface area contributed by atoms with Gasteiger partial charge in [-0.05, 0) is 43.4 Å². The standard InChI is InChI=1S/C20H26N4O5S/c1-22-18-7-2-6-16(18)17(21-22)14-23(13-15-5-4-11-29-15)30(27,28)12-10-24-19(25)8-3-9-20(24)26/h4-5,11H,2-3,6-10,12-14H2,1H3. The molecule has 0 atom stereocenters. The zero-order chi connectivity index (χ0) is 21.3. The van der Waals surface area contributed by atoms with Crippen molar-refractivity contribution >= 4 is 21.8 Å². The molecular formula is C20H26N4O5S. The maximum atomic E-state index is 13.2. The summed E-state index contributed by atoms with van der Waals surface area (Å²) in [4.78, 5) is 25.2. The monoisotopic (exact) mass is 434 g/mol. The van der Waals surface area contributed by atoms with Gasteiger partial charge in [0, 0.05) is 32.1 Å². The number of hydrogen-bond donors (Lipinski definition) is 0. The molecule has 4 rings (SSSR count). The van der Waals surface area contributed by atoms with Gasteiger partial charge in [-0.3, -0.25) is 19.2 Å². The van der Waals surface area contributed by atoms with Crippen molar-refractivity contribution < 1.29 is 22.4 Å². The largest absolute Gasteiger partial charge is 0.468 e. The lowest BCUT2D eigenvalue weighted by molar-refractivity contribution is -0.147. The van der Waals surface area contributed by atoms with Crippen LogP contribution in [0.25, 0.3) is 0 Å². The number of carbonyl (C=O) groups is 2. The average molecular weight is 435 g/mol. The summed E-state index contributed by atoms with van der Waals surface area (Å²) < 4.78 is 35.0. The zero-order valence-electron chi connectivity index (χ0n) is 17.0. The SMILES string of the molecule is Cn1nc(CN(Cc2ccco2)S(=O)(=O)CCN2C(=O)CCCC2=O)c2c1CCC2. The summed E-state index contributed by atoms with van der Waals surface area (Å²) in [6.07, 6.45) is 5.47. The van der Waals surface area contributed by atoms with Gasteiger partial charge >= 0.3 is 0 Å². The molecule has 0 bridgehead atoms. The normalized spacial score (nSPS) is 17.2. The molecular weight excluding hydrogens is 408 g/mol. The molecule has 2 aliphatic rings. The molecule has 1 fully saturated rings. The molecule has 0 aromatic carbocycles. The molecule has 0 spiro atoms. The molecule has 9 nitrogen and oxygen atoms in total. The quantitative estimate of drug-likeness (QED) is 0.581. The first-order valence-corrected chi connectivity index (χ1v) is 11.8. The molecule has 0 unspecified atom stereocenters. The third-order valence-corrected chi connectivity index (χ3v) is 7.53. The number of aryl methyl sites for hydroxylation is 1. The van der Waals surface area contributed by atoms with E-state index in [9.17, 15) is 18.0 Å². The van der Waals surface area contributed by atoms with Gasteiger partial charge in [0.2, 0.25) is 21.8 Å². The van der Waals surface area contributed by atoms with Crippen LogP contribution in [0, 0.1) is 0 Å². The highest BCUT2D eigenvalue weighted by molar-refractivity contribution is 7.89. The van der Waals surface area contributed by atoms with Crippen LogP contribution in [0.2, 0.25) is 0 Å². The van der Waals surface area contributed by atoms with E-state index in [0.29, 0.717) is 12.2 Å². The number of fused-ring (bicyclic) bond motifs is 1. The Hall–Kier alpha value is -2.46. The van der Waals surface area contributed by atoms with Crippen LogP contribution in [0.1, 0.15) is 48.4 Å². The number of imide groups is 1. The predicted octanol–water partition coefficient (Wildman–Crippen LogP) is 1.37. The molecule has 1 saturated heterocycles. The Bertz CT molecular complexity index is 1030. The minimum Gasteiger partial charge on any atom is -0.468 e. The fraction of sp³-hybridized carbons (Fsp3) is 0.550. The Morgan fingerprint density at radius 2 is 1.83 bits per heavy atom. The van der Waals surface area contributed by atoms with E-state index in [1.807, 2.05) is 11.7 Å². The number of furan rings is 1. The van der Waals surface area contributed by atoms with Gasteiger partial charge < -0.3 is 4.42 Å². The van der Waals surface area contributed by atoms with Crippen LogP contribution in [-0.2, 0) is 52.6 Å².